The lowest BCUT2D eigenvalue weighted by Crippen LogP contribution is -2.58. The Hall–Kier alpha value is -1.59. The minimum Gasteiger partial charge on any atom is -0.373 e. The van der Waals surface area contributed by atoms with E-state index in [4.69, 9.17) is 10.5 Å². The van der Waals surface area contributed by atoms with Crippen LogP contribution in [0.2, 0.25) is 0 Å². The predicted molar refractivity (Wildman–Crippen MR) is 102 cm³/mol. The van der Waals surface area contributed by atoms with E-state index in [1.807, 2.05) is 18.7 Å². The van der Waals surface area contributed by atoms with Crippen LogP contribution in [0.3, 0.4) is 0 Å². The van der Waals surface area contributed by atoms with E-state index >= 15 is 0 Å². The SMILES string of the molecule is C[C@@H]1CN(S(=O)(=O)N2CCN([C@@H](C(N)=O)c3ccc(F)cc3)CC2)C[C@H](C)O1. The first kappa shape index (κ1) is 21.1. The Morgan fingerprint density at radius 2 is 1.61 bits per heavy atom. The van der Waals surface area contributed by atoms with Crippen LogP contribution >= 0.6 is 0 Å². The number of nitrogens with zero attached hydrogens (tertiary/aromatic N) is 3. The van der Waals surface area contributed by atoms with E-state index in [0.29, 0.717) is 31.7 Å². The summed E-state index contributed by atoms with van der Waals surface area (Å²) < 4.78 is 47.7. The van der Waals surface area contributed by atoms with Crippen LogP contribution in [0.25, 0.3) is 0 Å². The molecule has 2 aliphatic heterocycles. The average molecular weight is 415 g/mol. The van der Waals surface area contributed by atoms with Crippen molar-refractivity contribution in [2.24, 2.45) is 5.73 Å². The first-order valence-electron chi connectivity index (χ1n) is 9.38. The van der Waals surface area contributed by atoms with Gasteiger partial charge in [0.2, 0.25) is 5.91 Å². The van der Waals surface area contributed by atoms with Crippen LogP contribution in [0.5, 0.6) is 0 Å². The molecule has 10 heteroatoms. The molecule has 0 saturated carbocycles. The van der Waals surface area contributed by atoms with Crippen LogP contribution in [-0.4, -0.2) is 79.3 Å². The Balaban J connectivity index is 1.68. The number of morpholine rings is 1. The molecule has 156 valence electrons. The summed E-state index contributed by atoms with van der Waals surface area (Å²) in [5.41, 5.74) is 6.18. The minimum absolute atomic E-state index is 0.155. The molecule has 2 saturated heterocycles. The molecular formula is C18H27FN4O4S. The van der Waals surface area contributed by atoms with Crippen molar-refractivity contribution >= 4 is 16.1 Å². The van der Waals surface area contributed by atoms with E-state index in [1.54, 1.807) is 0 Å². The van der Waals surface area contributed by atoms with Crippen molar-refractivity contribution < 1.29 is 22.3 Å². The number of primary amides is 1. The lowest BCUT2D eigenvalue weighted by Gasteiger charge is -2.41. The van der Waals surface area contributed by atoms with Gasteiger partial charge in [-0.25, -0.2) is 4.39 Å². The standard InChI is InChI=1S/C18H27FN4O4S/c1-13-11-23(12-14(2)27-13)28(25,26)22-9-7-21(8-10-22)17(18(20)24)15-3-5-16(19)6-4-15/h3-6,13-14,17H,7-12H2,1-2H3,(H2,20,24)/t13-,14+,17-/m1/s1. The summed E-state index contributed by atoms with van der Waals surface area (Å²) in [7, 11) is -3.60. The summed E-state index contributed by atoms with van der Waals surface area (Å²) in [6.45, 7) is 5.60. The summed E-state index contributed by atoms with van der Waals surface area (Å²) in [5, 5.41) is 0. The van der Waals surface area contributed by atoms with Gasteiger partial charge < -0.3 is 10.5 Å². The monoisotopic (exact) mass is 414 g/mol. The average Bonchev–Trinajstić information content (AvgIpc) is 2.63. The number of hydrogen-bond donors (Lipinski definition) is 1. The van der Waals surface area contributed by atoms with Crippen LogP contribution in [0.4, 0.5) is 4.39 Å². The van der Waals surface area contributed by atoms with Gasteiger partial charge in [0.1, 0.15) is 11.9 Å². The molecule has 3 rings (SSSR count). The smallest absolute Gasteiger partial charge is 0.282 e. The van der Waals surface area contributed by atoms with Gasteiger partial charge in [-0.2, -0.15) is 17.0 Å². The molecule has 0 radical (unpaired) electrons. The van der Waals surface area contributed by atoms with Gasteiger partial charge in [-0.1, -0.05) is 12.1 Å². The second kappa shape index (κ2) is 8.42. The number of halogens is 1. The van der Waals surface area contributed by atoms with Crippen molar-refractivity contribution in [1.29, 1.82) is 0 Å². The Bertz CT molecular complexity index is 786. The molecule has 8 nitrogen and oxygen atoms in total. The molecule has 0 aromatic heterocycles. The molecule has 28 heavy (non-hydrogen) atoms. The van der Waals surface area contributed by atoms with E-state index in [9.17, 15) is 17.6 Å². The van der Waals surface area contributed by atoms with Crippen molar-refractivity contribution in [3.63, 3.8) is 0 Å². The molecule has 0 spiro atoms. The second-order valence-electron chi connectivity index (χ2n) is 7.37. The fourth-order valence-corrected chi connectivity index (χ4v) is 5.62. The minimum atomic E-state index is -3.60. The summed E-state index contributed by atoms with van der Waals surface area (Å²) in [6, 6.07) is 4.92. The summed E-state index contributed by atoms with van der Waals surface area (Å²) >= 11 is 0. The largest absolute Gasteiger partial charge is 0.373 e. The van der Waals surface area contributed by atoms with Gasteiger partial charge in [0, 0.05) is 39.3 Å². The Morgan fingerprint density at radius 1 is 1.07 bits per heavy atom. The predicted octanol–water partition coefficient (Wildman–Crippen LogP) is 0.324. The van der Waals surface area contributed by atoms with E-state index < -0.39 is 28.0 Å². The molecule has 1 aromatic rings. The molecule has 2 N–H and O–H groups in total. The van der Waals surface area contributed by atoms with Crippen LogP contribution in [0, 0.1) is 5.82 Å². The maximum absolute atomic E-state index is 13.2. The van der Waals surface area contributed by atoms with Crippen molar-refractivity contribution in [3.05, 3.63) is 35.6 Å². The fourth-order valence-electron chi connectivity index (χ4n) is 3.87. The van der Waals surface area contributed by atoms with Gasteiger partial charge in [0.05, 0.1) is 12.2 Å². The lowest BCUT2D eigenvalue weighted by atomic mass is 10.0. The molecule has 1 aromatic carbocycles. The van der Waals surface area contributed by atoms with E-state index in [-0.39, 0.29) is 25.3 Å². The fraction of sp³-hybridized carbons (Fsp3) is 0.611. The topological polar surface area (TPSA) is 96.2 Å². The number of carbonyl (C=O) groups excluding carboxylic acids is 1. The number of amides is 1. The van der Waals surface area contributed by atoms with Gasteiger partial charge in [-0.05, 0) is 31.5 Å². The highest BCUT2D eigenvalue weighted by Gasteiger charge is 2.38. The number of benzene rings is 1. The highest BCUT2D eigenvalue weighted by atomic mass is 32.2. The van der Waals surface area contributed by atoms with E-state index in [1.165, 1.54) is 32.9 Å². The number of carbonyl (C=O) groups is 1. The van der Waals surface area contributed by atoms with Crippen LogP contribution < -0.4 is 5.73 Å². The molecule has 2 heterocycles. The van der Waals surface area contributed by atoms with Crippen LogP contribution in [0.15, 0.2) is 24.3 Å². The van der Waals surface area contributed by atoms with Gasteiger partial charge >= 0.3 is 0 Å². The molecule has 2 fully saturated rings. The zero-order chi connectivity index (χ0) is 20.5. The summed E-state index contributed by atoms with van der Waals surface area (Å²) in [6.07, 6.45) is -0.310. The number of piperazine rings is 1. The number of nitrogens with two attached hydrogens (primary N) is 1. The Morgan fingerprint density at radius 3 is 2.11 bits per heavy atom. The maximum atomic E-state index is 13.2. The van der Waals surface area contributed by atoms with E-state index in [0.717, 1.165) is 0 Å². The van der Waals surface area contributed by atoms with Gasteiger partial charge in [0.25, 0.3) is 10.2 Å². The molecule has 0 bridgehead atoms. The van der Waals surface area contributed by atoms with E-state index in [2.05, 4.69) is 0 Å². The molecule has 2 aliphatic rings. The maximum Gasteiger partial charge on any atom is 0.282 e. The number of hydrogen-bond acceptors (Lipinski definition) is 5. The quantitative estimate of drug-likeness (QED) is 0.749. The van der Waals surface area contributed by atoms with Gasteiger partial charge in [-0.3, -0.25) is 9.69 Å². The molecule has 0 aliphatic carbocycles. The normalized spacial score (nSPS) is 26.8. The first-order chi connectivity index (χ1) is 13.2. The lowest BCUT2D eigenvalue weighted by molar-refractivity contribution is -0.124. The highest BCUT2D eigenvalue weighted by Crippen LogP contribution is 2.25. The first-order valence-corrected chi connectivity index (χ1v) is 10.8. The summed E-state index contributed by atoms with van der Waals surface area (Å²) in [4.78, 5) is 13.9. The number of rotatable bonds is 5. The third kappa shape index (κ3) is 4.52. The molecule has 1 amide bonds. The Labute approximate surface area is 165 Å². The zero-order valence-corrected chi connectivity index (χ0v) is 16.9. The molecular weight excluding hydrogens is 387 g/mol. The van der Waals surface area contributed by atoms with Crippen molar-refractivity contribution in [1.82, 2.24) is 13.5 Å². The van der Waals surface area contributed by atoms with Gasteiger partial charge in [0.15, 0.2) is 0 Å². The second-order valence-corrected chi connectivity index (χ2v) is 9.30. The highest BCUT2D eigenvalue weighted by molar-refractivity contribution is 7.86. The van der Waals surface area contributed by atoms with Crippen molar-refractivity contribution in [2.75, 3.05) is 39.3 Å². The van der Waals surface area contributed by atoms with Crippen molar-refractivity contribution in [2.45, 2.75) is 32.1 Å². The molecule has 0 unspecified atom stereocenters. The third-order valence-electron chi connectivity index (χ3n) is 5.13. The van der Waals surface area contributed by atoms with Crippen molar-refractivity contribution in [3.8, 4) is 0 Å². The number of ether oxygens (including phenoxy) is 1. The van der Waals surface area contributed by atoms with Crippen LogP contribution in [0.1, 0.15) is 25.5 Å². The molecule has 3 atom stereocenters. The summed E-state index contributed by atoms with van der Waals surface area (Å²) in [5.74, 6) is -0.935. The zero-order valence-electron chi connectivity index (χ0n) is 16.1. The van der Waals surface area contributed by atoms with Gasteiger partial charge in [-0.15, -0.1) is 0 Å². The Kier molecular flexibility index (Phi) is 6.35. The third-order valence-corrected chi connectivity index (χ3v) is 7.10. The van der Waals surface area contributed by atoms with Crippen LogP contribution in [-0.2, 0) is 19.7 Å².